The van der Waals surface area contributed by atoms with Gasteiger partial charge in [0.2, 0.25) is 0 Å². The third kappa shape index (κ3) is 7.21. The van der Waals surface area contributed by atoms with Crippen molar-refractivity contribution >= 4 is 6.21 Å². The molecule has 0 aliphatic rings. The Morgan fingerprint density at radius 2 is 2.33 bits per heavy atom. The van der Waals surface area contributed by atoms with E-state index in [9.17, 15) is 0 Å². The van der Waals surface area contributed by atoms with Crippen molar-refractivity contribution in [1.82, 2.24) is 0 Å². The Hall–Kier alpha value is -0.790. The van der Waals surface area contributed by atoms with Crippen LogP contribution in [0.3, 0.4) is 0 Å². The Kier molecular flexibility index (Phi) is 6.58. The minimum atomic E-state index is 0.823. The molecular weight excluding hydrogens is 114 g/mol. The van der Waals surface area contributed by atoms with Crippen LogP contribution >= 0.6 is 0 Å². The van der Waals surface area contributed by atoms with E-state index in [2.05, 4.69) is 16.9 Å². The Morgan fingerprint density at radius 3 is 2.89 bits per heavy atom. The molecule has 0 aromatic rings. The van der Waals surface area contributed by atoms with Crippen molar-refractivity contribution in [1.29, 1.82) is 0 Å². The van der Waals surface area contributed by atoms with Crippen LogP contribution < -0.4 is 0 Å². The summed E-state index contributed by atoms with van der Waals surface area (Å²) in [4.78, 5) is 4.44. The van der Waals surface area contributed by atoms with Crippen LogP contribution in [0.2, 0.25) is 0 Å². The van der Waals surface area contributed by atoms with Crippen LogP contribution in [0.4, 0.5) is 0 Å². The zero-order valence-corrected chi connectivity index (χ0v) is 5.71. The quantitative estimate of drug-likeness (QED) is 0.319. The van der Waals surface area contributed by atoms with Gasteiger partial charge in [-0.25, -0.2) is 0 Å². The summed E-state index contributed by atoms with van der Waals surface area (Å²) in [7, 11) is 1.53. The average Bonchev–Trinajstić information content (AvgIpc) is 1.89. The summed E-state index contributed by atoms with van der Waals surface area (Å²) in [6.45, 7) is 3.64. The summed E-state index contributed by atoms with van der Waals surface area (Å²) in [5, 5.41) is 3.55. The fourth-order valence-electron chi connectivity index (χ4n) is 0.393. The highest BCUT2D eigenvalue weighted by atomic mass is 16.6. The largest absolute Gasteiger partial charge is 0.399 e. The molecule has 0 saturated carbocycles. The first-order valence-electron chi connectivity index (χ1n) is 2.91. The second-order valence-electron chi connectivity index (χ2n) is 1.47. The molecule has 0 aliphatic heterocycles. The molecule has 2 heteroatoms. The summed E-state index contributed by atoms with van der Waals surface area (Å²) in [5.41, 5.74) is 0. The van der Waals surface area contributed by atoms with E-state index in [1.54, 1.807) is 6.21 Å². The molecule has 0 N–H and O–H groups in total. The van der Waals surface area contributed by atoms with Gasteiger partial charge in [-0.05, 0) is 13.3 Å². The molecule has 0 rings (SSSR count). The van der Waals surface area contributed by atoms with Gasteiger partial charge in [0.15, 0.2) is 0 Å². The lowest BCUT2D eigenvalue weighted by Crippen LogP contribution is -1.71. The molecule has 0 aromatic carbocycles. The van der Waals surface area contributed by atoms with Crippen LogP contribution in [0.25, 0.3) is 0 Å². The monoisotopic (exact) mass is 126 g/mol. The number of hydrogen-bond donors (Lipinski definition) is 0. The van der Waals surface area contributed by atoms with Gasteiger partial charge in [-0.2, -0.15) is 0 Å². The zero-order valence-electron chi connectivity index (χ0n) is 5.71. The van der Waals surface area contributed by atoms with Crippen molar-refractivity contribution in [3.05, 3.63) is 19.1 Å². The smallest absolute Gasteiger partial charge is 0.106 e. The normalized spacial score (nSPS) is 11.3. The molecule has 51 valence electrons. The minimum absolute atomic E-state index is 0.823. The molecule has 0 amide bonds. The van der Waals surface area contributed by atoms with Gasteiger partial charge < -0.3 is 4.84 Å². The van der Waals surface area contributed by atoms with E-state index in [0.717, 1.165) is 12.8 Å². The van der Waals surface area contributed by atoms with E-state index in [4.69, 9.17) is 0 Å². The van der Waals surface area contributed by atoms with Crippen LogP contribution in [0.15, 0.2) is 17.3 Å². The molecule has 0 fully saturated rings. The highest BCUT2D eigenvalue weighted by Gasteiger charge is 1.69. The maximum absolute atomic E-state index is 4.44. The zero-order chi connectivity index (χ0) is 6.95. The minimum Gasteiger partial charge on any atom is -0.399 e. The first-order chi connectivity index (χ1) is 4.41. The second kappa shape index (κ2) is 7.21. The molecule has 0 heterocycles. The summed E-state index contributed by atoms with van der Waals surface area (Å²) >= 11 is 0. The van der Waals surface area contributed by atoms with E-state index < -0.39 is 0 Å². The third-order valence-corrected chi connectivity index (χ3v) is 0.755. The van der Waals surface area contributed by atoms with Crippen molar-refractivity contribution in [3.63, 3.8) is 0 Å². The van der Waals surface area contributed by atoms with Gasteiger partial charge >= 0.3 is 0 Å². The Labute approximate surface area is 56.2 Å². The van der Waals surface area contributed by atoms with E-state index in [0.29, 0.717) is 0 Å². The van der Waals surface area contributed by atoms with E-state index in [1.807, 2.05) is 12.2 Å². The van der Waals surface area contributed by atoms with E-state index in [-0.39, 0.29) is 0 Å². The SMILES string of the molecule is [CH2]CC=CCC=NOC. The molecule has 0 atom stereocenters. The molecular formula is C7H12NO. The topological polar surface area (TPSA) is 21.6 Å². The van der Waals surface area contributed by atoms with E-state index in [1.165, 1.54) is 7.11 Å². The lowest BCUT2D eigenvalue weighted by molar-refractivity contribution is 0.215. The Bertz CT molecular complexity index is 85.1. The first-order valence-corrected chi connectivity index (χ1v) is 2.91. The lowest BCUT2D eigenvalue weighted by Gasteiger charge is -1.81. The van der Waals surface area contributed by atoms with Crippen LogP contribution in [-0.2, 0) is 4.84 Å². The molecule has 0 aliphatic carbocycles. The van der Waals surface area contributed by atoms with Crippen LogP contribution in [0, 0.1) is 6.92 Å². The molecule has 0 aromatic heterocycles. The van der Waals surface area contributed by atoms with Gasteiger partial charge in [-0.1, -0.05) is 17.3 Å². The third-order valence-electron chi connectivity index (χ3n) is 0.755. The Morgan fingerprint density at radius 1 is 1.56 bits per heavy atom. The number of rotatable bonds is 4. The van der Waals surface area contributed by atoms with Crippen LogP contribution in [0.5, 0.6) is 0 Å². The predicted octanol–water partition coefficient (Wildman–Crippen LogP) is 1.79. The van der Waals surface area contributed by atoms with E-state index >= 15 is 0 Å². The molecule has 0 unspecified atom stereocenters. The number of oxime groups is 1. The molecule has 0 saturated heterocycles. The van der Waals surface area contributed by atoms with Crippen LogP contribution in [-0.4, -0.2) is 13.3 Å². The highest BCUT2D eigenvalue weighted by Crippen LogP contribution is 1.82. The average molecular weight is 126 g/mol. The first kappa shape index (κ1) is 8.21. The molecule has 2 nitrogen and oxygen atoms in total. The standard InChI is InChI=1S/C7H12NO/c1-3-4-5-6-7-8-9-2/h4-5,7H,1,3,6H2,2H3. The fourth-order valence-corrected chi connectivity index (χ4v) is 0.393. The van der Waals surface area contributed by atoms with Crippen molar-refractivity contribution < 1.29 is 4.84 Å². The maximum atomic E-state index is 4.44. The van der Waals surface area contributed by atoms with Gasteiger partial charge in [0.05, 0.1) is 0 Å². The predicted molar refractivity (Wildman–Crippen MR) is 39.2 cm³/mol. The van der Waals surface area contributed by atoms with Gasteiger partial charge in [0.25, 0.3) is 0 Å². The lowest BCUT2D eigenvalue weighted by atomic mass is 10.3. The summed E-state index contributed by atoms with van der Waals surface area (Å²) in [6, 6.07) is 0. The van der Waals surface area contributed by atoms with Gasteiger partial charge in [0.1, 0.15) is 7.11 Å². The summed E-state index contributed by atoms with van der Waals surface area (Å²) < 4.78 is 0. The van der Waals surface area contributed by atoms with Crippen molar-refractivity contribution in [2.75, 3.05) is 7.11 Å². The molecule has 9 heavy (non-hydrogen) atoms. The number of allylic oxidation sites excluding steroid dienone is 2. The summed E-state index contributed by atoms with van der Waals surface area (Å²) in [5.74, 6) is 0. The molecule has 1 radical (unpaired) electrons. The Balaban J connectivity index is 3.08. The fraction of sp³-hybridized carbons (Fsp3) is 0.429. The number of nitrogens with zero attached hydrogens (tertiary/aromatic N) is 1. The molecule has 0 spiro atoms. The number of hydrogen-bond acceptors (Lipinski definition) is 2. The maximum Gasteiger partial charge on any atom is 0.106 e. The highest BCUT2D eigenvalue weighted by molar-refractivity contribution is 5.58. The van der Waals surface area contributed by atoms with Gasteiger partial charge in [-0.15, -0.1) is 0 Å². The molecule has 0 bridgehead atoms. The van der Waals surface area contributed by atoms with Crippen LogP contribution in [0.1, 0.15) is 12.8 Å². The van der Waals surface area contributed by atoms with Crippen molar-refractivity contribution in [3.8, 4) is 0 Å². The van der Waals surface area contributed by atoms with Crippen molar-refractivity contribution in [2.24, 2.45) is 5.16 Å². The summed E-state index contributed by atoms with van der Waals surface area (Å²) in [6.07, 6.45) is 7.34. The van der Waals surface area contributed by atoms with Gasteiger partial charge in [0, 0.05) is 12.6 Å². The van der Waals surface area contributed by atoms with Crippen molar-refractivity contribution in [2.45, 2.75) is 12.8 Å². The second-order valence-corrected chi connectivity index (χ2v) is 1.47. The van der Waals surface area contributed by atoms with Gasteiger partial charge in [-0.3, -0.25) is 0 Å².